The van der Waals surface area contributed by atoms with E-state index in [-0.39, 0.29) is 37.0 Å². The second-order valence-corrected chi connectivity index (χ2v) is 8.06. The molecule has 0 unspecified atom stereocenters. The largest absolute Gasteiger partial charge is 0.455 e. The van der Waals surface area contributed by atoms with E-state index in [4.69, 9.17) is 4.74 Å². The third-order valence-electron chi connectivity index (χ3n) is 5.74. The van der Waals surface area contributed by atoms with Crippen LogP contribution in [-0.4, -0.2) is 37.0 Å². The van der Waals surface area contributed by atoms with Crippen molar-refractivity contribution in [3.8, 4) is 0 Å². The lowest BCUT2D eigenvalue weighted by atomic mass is 9.52. The van der Waals surface area contributed by atoms with E-state index in [0.29, 0.717) is 11.8 Å². The van der Waals surface area contributed by atoms with Crippen LogP contribution in [0, 0.1) is 29.6 Å². The van der Waals surface area contributed by atoms with Gasteiger partial charge in [-0.05, 0) is 69.6 Å². The third kappa shape index (κ3) is 3.90. The van der Waals surface area contributed by atoms with E-state index in [9.17, 15) is 14.4 Å². The second-order valence-electron chi connectivity index (χ2n) is 8.06. The van der Waals surface area contributed by atoms with Crippen LogP contribution in [0.1, 0.15) is 46.0 Å². The van der Waals surface area contributed by atoms with Crippen molar-refractivity contribution in [2.24, 2.45) is 29.6 Å². The molecule has 6 nitrogen and oxygen atoms in total. The standard InChI is InChI=1S/C18H28N2O4/c1-10(2)20-15(21)8-19-16(22)9-24-18(23)17-13-4-11-3-12(6-13)7-14(17)5-11/h10-14,17H,3-9H2,1-2H3,(H,19,22)(H,20,21). The van der Waals surface area contributed by atoms with Crippen molar-refractivity contribution in [3.63, 3.8) is 0 Å². The van der Waals surface area contributed by atoms with E-state index in [1.807, 2.05) is 13.8 Å². The average molecular weight is 336 g/mol. The van der Waals surface area contributed by atoms with Crippen molar-refractivity contribution in [2.75, 3.05) is 13.2 Å². The summed E-state index contributed by atoms with van der Waals surface area (Å²) in [6, 6.07) is 0.0316. The summed E-state index contributed by atoms with van der Waals surface area (Å²) in [7, 11) is 0. The number of carbonyl (C=O) groups excluding carboxylic acids is 3. The summed E-state index contributed by atoms with van der Waals surface area (Å²) in [4.78, 5) is 35.7. The smallest absolute Gasteiger partial charge is 0.310 e. The number of hydrogen-bond acceptors (Lipinski definition) is 4. The Morgan fingerprint density at radius 3 is 2.08 bits per heavy atom. The van der Waals surface area contributed by atoms with Gasteiger partial charge in [0.25, 0.3) is 5.91 Å². The number of rotatable bonds is 6. The van der Waals surface area contributed by atoms with Crippen molar-refractivity contribution in [2.45, 2.75) is 52.0 Å². The summed E-state index contributed by atoms with van der Waals surface area (Å²) >= 11 is 0. The number of hydrogen-bond donors (Lipinski definition) is 2. The summed E-state index contributed by atoms with van der Waals surface area (Å²) in [6.45, 7) is 3.32. The minimum Gasteiger partial charge on any atom is -0.455 e. The zero-order valence-electron chi connectivity index (χ0n) is 14.5. The first kappa shape index (κ1) is 17.2. The highest BCUT2D eigenvalue weighted by molar-refractivity contribution is 5.86. The molecule has 4 bridgehead atoms. The van der Waals surface area contributed by atoms with Gasteiger partial charge in [-0.2, -0.15) is 0 Å². The monoisotopic (exact) mass is 336 g/mol. The van der Waals surface area contributed by atoms with Gasteiger partial charge in [-0.3, -0.25) is 14.4 Å². The van der Waals surface area contributed by atoms with Gasteiger partial charge >= 0.3 is 5.97 Å². The zero-order valence-corrected chi connectivity index (χ0v) is 14.5. The van der Waals surface area contributed by atoms with Crippen LogP contribution in [0.15, 0.2) is 0 Å². The Morgan fingerprint density at radius 2 is 1.54 bits per heavy atom. The van der Waals surface area contributed by atoms with Gasteiger partial charge < -0.3 is 15.4 Å². The van der Waals surface area contributed by atoms with Gasteiger partial charge in [-0.25, -0.2) is 0 Å². The lowest BCUT2D eigenvalue weighted by Gasteiger charge is -2.53. The number of nitrogens with one attached hydrogen (secondary N) is 2. The molecule has 0 spiro atoms. The zero-order chi connectivity index (χ0) is 17.3. The van der Waals surface area contributed by atoms with Crippen LogP contribution in [0.4, 0.5) is 0 Å². The summed E-state index contributed by atoms with van der Waals surface area (Å²) in [5, 5.41) is 5.17. The van der Waals surface area contributed by atoms with Gasteiger partial charge in [0.1, 0.15) is 0 Å². The predicted octanol–water partition coefficient (Wildman–Crippen LogP) is 1.24. The Balaban J connectivity index is 1.41. The van der Waals surface area contributed by atoms with Crippen LogP contribution in [-0.2, 0) is 19.1 Å². The summed E-state index contributed by atoms with van der Waals surface area (Å²) in [5.41, 5.74) is 0. The first-order chi connectivity index (χ1) is 11.4. The van der Waals surface area contributed by atoms with Crippen molar-refractivity contribution < 1.29 is 19.1 Å². The highest BCUT2D eigenvalue weighted by Crippen LogP contribution is 2.56. The molecule has 4 aliphatic rings. The van der Waals surface area contributed by atoms with E-state index >= 15 is 0 Å². The minimum absolute atomic E-state index is 0.0187. The van der Waals surface area contributed by atoms with Crippen LogP contribution >= 0.6 is 0 Å². The lowest BCUT2D eigenvalue weighted by Crippen LogP contribution is -2.49. The van der Waals surface area contributed by atoms with Crippen LogP contribution in [0.3, 0.4) is 0 Å². The molecule has 6 heteroatoms. The second kappa shape index (κ2) is 7.11. The van der Waals surface area contributed by atoms with Crippen LogP contribution in [0.5, 0.6) is 0 Å². The molecule has 134 valence electrons. The molecule has 4 fully saturated rings. The first-order valence-electron chi connectivity index (χ1n) is 9.15. The topological polar surface area (TPSA) is 84.5 Å². The Hall–Kier alpha value is -1.59. The molecule has 0 heterocycles. The molecule has 0 aromatic carbocycles. The molecule has 2 amide bonds. The van der Waals surface area contributed by atoms with Gasteiger partial charge in [0.05, 0.1) is 12.5 Å². The normalized spacial score (nSPS) is 33.4. The van der Waals surface area contributed by atoms with Crippen molar-refractivity contribution in [3.05, 3.63) is 0 Å². The fraction of sp³-hybridized carbons (Fsp3) is 0.833. The van der Waals surface area contributed by atoms with Crippen molar-refractivity contribution in [1.29, 1.82) is 0 Å². The maximum atomic E-state index is 12.4. The molecular formula is C18H28N2O4. The third-order valence-corrected chi connectivity index (χ3v) is 5.74. The van der Waals surface area contributed by atoms with E-state index in [0.717, 1.165) is 37.5 Å². The molecule has 4 rings (SSSR count). The Bertz CT molecular complexity index is 489. The summed E-state index contributed by atoms with van der Waals surface area (Å²) in [6.07, 6.45) is 5.93. The molecule has 4 saturated carbocycles. The molecule has 0 aliphatic heterocycles. The van der Waals surface area contributed by atoms with Gasteiger partial charge in [0.2, 0.25) is 5.91 Å². The first-order valence-corrected chi connectivity index (χ1v) is 9.15. The fourth-order valence-corrected chi connectivity index (χ4v) is 5.15. The van der Waals surface area contributed by atoms with E-state index in [1.165, 1.54) is 6.42 Å². The number of carbonyl (C=O) groups is 3. The summed E-state index contributed by atoms with van der Waals surface area (Å²) < 4.78 is 5.26. The van der Waals surface area contributed by atoms with E-state index < -0.39 is 5.91 Å². The van der Waals surface area contributed by atoms with Gasteiger partial charge in [-0.1, -0.05) is 0 Å². The molecule has 0 aromatic rings. The van der Waals surface area contributed by atoms with Crippen LogP contribution < -0.4 is 10.6 Å². The SMILES string of the molecule is CC(C)NC(=O)CNC(=O)COC(=O)C1C2CC3CC(C2)CC1C3. The Labute approximate surface area is 143 Å². The van der Waals surface area contributed by atoms with E-state index in [1.54, 1.807) is 0 Å². The van der Waals surface area contributed by atoms with Crippen molar-refractivity contribution in [1.82, 2.24) is 10.6 Å². The minimum atomic E-state index is -0.425. The van der Waals surface area contributed by atoms with Crippen LogP contribution in [0.25, 0.3) is 0 Å². The van der Waals surface area contributed by atoms with Gasteiger partial charge in [0.15, 0.2) is 6.61 Å². The maximum absolute atomic E-state index is 12.4. The molecule has 0 radical (unpaired) electrons. The van der Waals surface area contributed by atoms with Crippen LogP contribution in [0.2, 0.25) is 0 Å². The summed E-state index contributed by atoms with van der Waals surface area (Å²) in [5.74, 6) is 1.61. The quantitative estimate of drug-likeness (QED) is 0.715. The molecular weight excluding hydrogens is 308 g/mol. The molecule has 2 N–H and O–H groups in total. The molecule has 0 saturated heterocycles. The fourth-order valence-electron chi connectivity index (χ4n) is 5.15. The maximum Gasteiger partial charge on any atom is 0.310 e. The Kier molecular flexibility index (Phi) is 5.11. The molecule has 4 aliphatic carbocycles. The van der Waals surface area contributed by atoms with E-state index in [2.05, 4.69) is 10.6 Å². The molecule has 0 atom stereocenters. The number of ether oxygens (including phenoxy) is 1. The molecule has 0 aromatic heterocycles. The highest BCUT2D eigenvalue weighted by Gasteiger charge is 2.51. The number of esters is 1. The number of amides is 2. The highest BCUT2D eigenvalue weighted by atomic mass is 16.5. The molecule has 24 heavy (non-hydrogen) atoms. The lowest BCUT2D eigenvalue weighted by molar-refractivity contribution is -0.164. The average Bonchev–Trinajstić information content (AvgIpc) is 2.49. The van der Waals surface area contributed by atoms with Gasteiger partial charge in [-0.15, -0.1) is 0 Å². The predicted molar refractivity (Wildman–Crippen MR) is 87.8 cm³/mol. The van der Waals surface area contributed by atoms with Crippen molar-refractivity contribution >= 4 is 17.8 Å². The Morgan fingerprint density at radius 1 is 0.958 bits per heavy atom. The van der Waals surface area contributed by atoms with Gasteiger partial charge in [0, 0.05) is 6.04 Å².